The van der Waals surface area contributed by atoms with Gasteiger partial charge in [0.05, 0.1) is 28.8 Å². The molecule has 3 aromatic rings. The van der Waals surface area contributed by atoms with Crippen molar-refractivity contribution >= 4 is 15.9 Å². The molecule has 0 bridgehead atoms. The van der Waals surface area contributed by atoms with Crippen LogP contribution in [0.1, 0.15) is 54.3 Å². The lowest BCUT2D eigenvalue weighted by atomic mass is 9.98. The molecule has 230 valence electrons. The average Bonchev–Trinajstić information content (AvgIpc) is 3.41. The summed E-state index contributed by atoms with van der Waals surface area (Å²) in [6.07, 6.45) is -0.324. The number of aryl methyl sites for hydroxylation is 1. The van der Waals surface area contributed by atoms with E-state index in [0.29, 0.717) is 30.8 Å². The molecule has 2 aliphatic heterocycles. The summed E-state index contributed by atoms with van der Waals surface area (Å²) in [5.41, 5.74) is 1.41. The second kappa shape index (κ2) is 11.6. The molecule has 43 heavy (non-hydrogen) atoms. The number of benzene rings is 2. The Morgan fingerprint density at radius 3 is 2.67 bits per heavy atom. The largest absolute Gasteiger partial charge is 0.493 e. The summed E-state index contributed by atoms with van der Waals surface area (Å²) >= 11 is 0. The molecule has 0 saturated carbocycles. The van der Waals surface area contributed by atoms with Crippen LogP contribution >= 0.6 is 0 Å². The molecule has 0 spiro atoms. The van der Waals surface area contributed by atoms with E-state index in [4.69, 9.17) is 4.74 Å². The predicted octanol–water partition coefficient (Wildman–Crippen LogP) is 4.02. The number of aromatic nitrogens is 3. The SMILES string of the molecule is Cc1ccc(C(F)(F)F)cc1S(=O)(=O)N1C=CNC(=O)C1Cc1cn(C2CCOc3cc(CN(C)C(C)C)ccc32)nn1. The molecule has 5 rings (SSSR count). The van der Waals surface area contributed by atoms with Gasteiger partial charge in [-0.05, 0) is 57.1 Å². The van der Waals surface area contributed by atoms with E-state index in [2.05, 4.69) is 47.5 Å². The Labute approximate surface area is 248 Å². The number of halogens is 3. The third kappa shape index (κ3) is 6.25. The molecule has 3 heterocycles. The smallest absolute Gasteiger partial charge is 0.416 e. The van der Waals surface area contributed by atoms with Crippen LogP contribution in [0.4, 0.5) is 13.2 Å². The average molecular weight is 619 g/mol. The maximum Gasteiger partial charge on any atom is 0.416 e. The number of fused-ring (bicyclic) bond motifs is 1. The van der Waals surface area contributed by atoms with Gasteiger partial charge in [-0.3, -0.25) is 14.0 Å². The number of sulfonamides is 1. The van der Waals surface area contributed by atoms with Gasteiger partial charge in [0.25, 0.3) is 10.0 Å². The van der Waals surface area contributed by atoms with Crippen LogP contribution in [-0.2, 0) is 34.0 Å². The topological polar surface area (TPSA) is 110 Å². The molecule has 2 unspecified atom stereocenters. The molecule has 0 aliphatic carbocycles. The Hall–Kier alpha value is -3.91. The predicted molar refractivity (Wildman–Crippen MR) is 151 cm³/mol. The number of carbonyl (C=O) groups excluding carboxylic acids is 1. The first kappa shape index (κ1) is 30.5. The first-order valence-corrected chi connectivity index (χ1v) is 15.2. The van der Waals surface area contributed by atoms with Gasteiger partial charge in [-0.25, -0.2) is 13.1 Å². The van der Waals surface area contributed by atoms with Gasteiger partial charge in [-0.1, -0.05) is 23.4 Å². The lowest BCUT2D eigenvalue weighted by Gasteiger charge is -2.31. The summed E-state index contributed by atoms with van der Waals surface area (Å²) in [5, 5.41) is 11.0. The number of hydrogen-bond donors (Lipinski definition) is 1. The van der Waals surface area contributed by atoms with Crippen LogP contribution in [0.5, 0.6) is 5.75 Å². The number of rotatable bonds is 8. The Morgan fingerprint density at radius 1 is 1.19 bits per heavy atom. The number of ether oxygens (including phenoxy) is 1. The highest BCUT2D eigenvalue weighted by molar-refractivity contribution is 7.89. The number of nitrogens with zero attached hydrogens (tertiary/aromatic N) is 5. The van der Waals surface area contributed by atoms with Crippen molar-refractivity contribution in [1.82, 2.24) is 29.5 Å². The lowest BCUT2D eigenvalue weighted by Crippen LogP contribution is -2.50. The molecule has 0 fully saturated rings. The van der Waals surface area contributed by atoms with Crippen molar-refractivity contribution in [3.05, 3.63) is 82.9 Å². The summed E-state index contributed by atoms with van der Waals surface area (Å²) in [6, 6.07) is 7.50. The number of nitrogens with one attached hydrogen (secondary N) is 1. The van der Waals surface area contributed by atoms with Crippen molar-refractivity contribution in [3.63, 3.8) is 0 Å². The number of hydrogen-bond acceptors (Lipinski definition) is 7. The summed E-state index contributed by atoms with van der Waals surface area (Å²) < 4.78 is 75.8. The second-order valence-electron chi connectivity index (χ2n) is 11.1. The van der Waals surface area contributed by atoms with Gasteiger partial charge >= 0.3 is 6.18 Å². The Kier molecular flexibility index (Phi) is 8.27. The van der Waals surface area contributed by atoms with Crippen molar-refractivity contribution in [3.8, 4) is 5.75 Å². The molecule has 0 saturated heterocycles. The van der Waals surface area contributed by atoms with E-state index in [-0.39, 0.29) is 18.0 Å². The van der Waals surface area contributed by atoms with Crippen molar-refractivity contribution in [2.45, 2.75) is 69.4 Å². The van der Waals surface area contributed by atoms with Crippen LogP contribution in [0.3, 0.4) is 0 Å². The first-order valence-electron chi connectivity index (χ1n) is 13.8. The zero-order chi connectivity index (χ0) is 31.1. The van der Waals surface area contributed by atoms with Gasteiger partial charge in [0.1, 0.15) is 11.8 Å². The number of amides is 1. The summed E-state index contributed by atoms with van der Waals surface area (Å²) in [5.74, 6) is 0.119. The maximum atomic E-state index is 13.6. The molecule has 1 amide bonds. The molecule has 1 aromatic heterocycles. The van der Waals surface area contributed by atoms with Crippen LogP contribution in [0.25, 0.3) is 0 Å². The summed E-state index contributed by atoms with van der Waals surface area (Å²) in [6.45, 7) is 6.89. The normalized spacial score (nSPS) is 19.0. The van der Waals surface area contributed by atoms with Crippen LogP contribution in [-0.4, -0.2) is 64.3 Å². The van der Waals surface area contributed by atoms with Crippen LogP contribution < -0.4 is 10.1 Å². The quantitative estimate of drug-likeness (QED) is 0.406. The number of alkyl halides is 3. The van der Waals surface area contributed by atoms with Crippen molar-refractivity contribution < 1.29 is 31.1 Å². The third-order valence-corrected chi connectivity index (χ3v) is 9.73. The van der Waals surface area contributed by atoms with Gasteiger partial charge in [-0.15, -0.1) is 5.10 Å². The fourth-order valence-electron chi connectivity index (χ4n) is 5.12. The van der Waals surface area contributed by atoms with Crippen LogP contribution in [0.2, 0.25) is 0 Å². The van der Waals surface area contributed by atoms with E-state index in [9.17, 15) is 26.4 Å². The molecule has 14 heteroatoms. The molecular weight excluding hydrogens is 585 g/mol. The molecule has 10 nitrogen and oxygen atoms in total. The van der Waals surface area contributed by atoms with Gasteiger partial charge in [-0.2, -0.15) is 13.2 Å². The third-order valence-electron chi connectivity index (χ3n) is 7.81. The molecule has 0 radical (unpaired) electrons. The van der Waals surface area contributed by atoms with E-state index < -0.39 is 38.6 Å². The Morgan fingerprint density at radius 2 is 1.95 bits per heavy atom. The van der Waals surface area contributed by atoms with Gasteiger partial charge in [0.15, 0.2) is 0 Å². The highest BCUT2D eigenvalue weighted by Gasteiger charge is 2.39. The van der Waals surface area contributed by atoms with Crippen LogP contribution in [0.15, 0.2) is 59.9 Å². The van der Waals surface area contributed by atoms with E-state index in [1.807, 2.05) is 12.1 Å². The first-order chi connectivity index (χ1) is 20.3. The van der Waals surface area contributed by atoms with E-state index >= 15 is 0 Å². The molecule has 2 atom stereocenters. The maximum absolute atomic E-state index is 13.6. The zero-order valence-electron chi connectivity index (χ0n) is 24.2. The fourth-order valence-corrected chi connectivity index (χ4v) is 6.83. The van der Waals surface area contributed by atoms with E-state index in [1.54, 1.807) is 10.9 Å². The molecular formula is C29H33F3N6O4S. The van der Waals surface area contributed by atoms with Crippen molar-refractivity contribution in [2.75, 3.05) is 13.7 Å². The van der Waals surface area contributed by atoms with Crippen LogP contribution in [0, 0.1) is 6.92 Å². The number of carbonyl (C=O) groups is 1. The standard InChI is InChI=1S/C29H33F3N6O4S/c1-18(2)36(4)16-20-6-8-23-24(9-12-42-26(23)13-20)37-17-22(34-35-37)15-25-28(39)33-10-11-38(25)43(40,41)27-14-21(29(30,31)32)7-5-19(27)3/h5-8,10-11,13-14,17-18,24-25H,9,12,15-16H2,1-4H3,(H,33,39). The van der Waals surface area contributed by atoms with E-state index in [1.165, 1.54) is 6.92 Å². The highest BCUT2D eigenvalue weighted by Crippen LogP contribution is 2.36. The fraction of sp³-hybridized carbons (Fsp3) is 0.414. The van der Waals surface area contributed by atoms with E-state index in [0.717, 1.165) is 52.3 Å². The van der Waals surface area contributed by atoms with Gasteiger partial charge in [0, 0.05) is 49.6 Å². The monoisotopic (exact) mass is 618 g/mol. The van der Waals surface area contributed by atoms with Crippen molar-refractivity contribution in [1.29, 1.82) is 0 Å². The van der Waals surface area contributed by atoms with Gasteiger partial charge in [0.2, 0.25) is 5.91 Å². The minimum absolute atomic E-state index is 0.120. The molecule has 2 aromatic carbocycles. The summed E-state index contributed by atoms with van der Waals surface area (Å²) in [7, 11) is -2.48. The minimum atomic E-state index is -4.74. The minimum Gasteiger partial charge on any atom is -0.493 e. The van der Waals surface area contributed by atoms with Gasteiger partial charge < -0.3 is 10.1 Å². The Bertz CT molecular complexity index is 1650. The van der Waals surface area contributed by atoms with Crippen molar-refractivity contribution in [2.24, 2.45) is 0 Å². The lowest BCUT2D eigenvalue weighted by molar-refractivity contribution is -0.137. The zero-order valence-corrected chi connectivity index (χ0v) is 25.0. The Balaban J connectivity index is 1.39. The molecule has 1 N–H and O–H groups in total. The summed E-state index contributed by atoms with van der Waals surface area (Å²) in [4.78, 5) is 14.6. The second-order valence-corrected chi connectivity index (χ2v) is 12.9. The molecule has 2 aliphatic rings. The highest BCUT2D eigenvalue weighted by atomic mass is 32.2.